The molecule has 2 aliphatic heterocycles. The topological polar surface area (TPSA) is 97.0 Å². The van der Waals surface area contributed by atoms with Crippen molar-refractivity contribution in [1.82, 2.24) is 15.5 Å². The van der Waals surface area contributed by atoms with Gasteiger partial charge in [-0.3, -0.25) is 14.9 Å². The van der Waals surface area contributed by atoms with Crippen LogP contribution in [0.15, 0.2) is 18.2 Å². The van der Waals surface area contributed by atoms with Crippen molar-refractivity contribution in [2.75, 3.05) is 20.3 Å². The minimum absolute atomic E-state index is 0.0578. The number of nitrogens with zero attached hydrogens (tertiary/aromatic N) is 1. The molecule has 0 aromatic heterocycles. The van der Waals surface area contributed by atoms with Crippen LogP contribution in [0.1, 0.15) is 18.4 Å². The van der Waals surface area contributed by atoms with Gasteiger partial charge in [-0.05, 0) is 12.5 Å². The quantitative estimate of drug-likeness (QED) is 0.781. The molecule has 1 aromatic carbocycles. The molecule has 0 aliphatic carbocycles. The van der Waals surface area contributed by atoms with Crippen molar-refractivity contribution >= 4 is 17.8 Å². The van der Waals surface area contributed by atoms with Crippen LogP contribution in [-0.2, 0) is 16.1 Å². The molecule has 0 saturated carbocycles. The van der Waals surface area contributed by atoms with Gasteiger partial charge in [0.05, 0.1) is 20.1 Å². The zero-order valence-electron chi connectivity index (χ0n) is 13.3. The largest absolute Gasteiger partial charge is 0.493 e. The number of para-hydroxylation sites is 1. The van der Waals surface area contributed by atoms with Gasteiger partial charge in [-0.2, -0.15) is 0 Å². The summed E-state index contributed by atoms with van der Waals surface area (Å²) < 4.78 is 11.1. The molecule has 4 amide bonds. The van der Waals surface area contributed by atoms with Gasteiger partial charge in [0.15, 0.2) is 11.5 Å². The molecule has 2 heterocycles. The minimum atomic E-state index is -0.809. The maximum Gasteiger partial charge on any atom is 0.322 e. The average Bonchev–Trinajstić information content (AvgIpc) is 2.84. The lowest BCUT2D eigenvalue weighted by molar-refractivity contribution is -0.134. The van der Waals surface area contributed by atoms with Crippen LogP contribution in [-0.4, -0.2) is 49.0 Å². The van der Waals surface area contributed by atoms with E-state index < -0.39 is 18.0 Å². The second-order valence-electron chi connectivity index (χ2n) is 5.69. The van der Waals surface area contributed by atoms with E-state index in [-0.39, 0.29) is 12.3 Å². The molecule has 0 bridgehead atoms. The molecule has 3 rings (SSSR count). The highest BCUT2D eigenvalue weighted by Gasteiger charge is 2.33. The lowest BCUT2D eigenvalue weighted by Gasteiger charge is -2.28. The van der Waals surface area contributed by atoms with Gasteiger partial charge < -0.3 is 19.7 Å². The third kappa shape index (κ3) is 3.27. The Morgan fingerprint density at radius 2 is 2.25 bits per heavy atom. The number of fused-ring (bicyclic) bond motifs is 1. The fraction of sp³-hybridized carbons (Fsp3) is 0.438. The number of nitrogens with one attached hydrogen (secondary N) is 2. The molecule has 8 heteroatoms. The van der Waals surface area contributed by atoms with Gasteiger partial charge in [0.25, 0.3) is 5.91 Å². The second-order valence-corrected chi connectivity index (χ2v) is 5.69. The Balaban J connectivity index is 1.75. The smallest absolute Gasteiger partial charge is 0.322 e. The summed E-state index contributed by atoms with van der Waals surface area (Å²) in [6, 6.07) is 4.17. The lowest BCUT2D eigenvalue weighted by atomic mass is 10.1. The molecule has 24 heavy (non-hydrogen) atoms. The van der Waals surface area contributed by atoms with Crippen LogP contribution in [0.3, 0.4) is 0 Å². The van der Waals surface area contributed by atoms with E-state index in [9.17, 15) is 14.4 Å². The molecule has 1 aromatic rings. The molecule has 128 valence electrons. The number of hydrogen-bond acceptors (Lipinski definition) is 5. The zero-order chi connectivity index (χ0) is 17.1. The van der Waals surface area contributed by atoms with Gasteiger partial charge in [-0.15, -0.1) is 0 Å². The number of methoxy groups -OCH3 is 1. The Hall–Kier alpha value is -2.77. The number of carbonyl (C=O) groups is 3. The molecule has 8 nitrogen and oxygen atoms in total. The zero-order valence-corrected chi connectivity index (χ0v) is 13.3. The van der Waals surface area contributed by atoms with Crippen LogP contribution in [0.4, 0.5) is 4.79 Å². The first kappa shape index (κ1) is 16.1. The van der Waals surface area contributed by atoms with Gasteiger partial charge >= 0.3 is 6.03 Å². The van der Waals surface area contributed by atoms with Crippen LogP contribution < -0.4 is 20.1 Å². The second kappa shape index (κ2) is 6.77. The van der Waals surface area contributed by atoms with Crippen molar-refractivity contribution in [3.05, 3.63) is 23.8 Å². The molecule has 1 unspecified atom stereocenters. The van der Waals surface area contributed by atoms with Gasteiger partial charge in [0.2, 0.25) is 5.91 Å². The van der Waals surface area contributed by atoms with Gasteiger partial charge in [-0.1, -0.05) is 12.1 Å². The summed E-state index contributed by atoms with van der Waals surface area (Å²) in [6.07, 6.45) is 0.615. The molecular formula is C16H19N3O5. The Bertz CT molecular complexity index is 676. The molecule has 1 atom stereocenters. The molecule has 1 fully saturated rings. The Morgan fingerprint density at radius 3 is 2.96 bits per heavy atom. The predicted octanol–water partition coefficient (Wildman–Crippen LogP) is 0.404. The highest BCUT2D eigenvalue weighted by Crippen LogP contribution is 2.33. The molecule has 2 N–H and O–H groups in total. The molecule has 0 spiro atoms. The summed E-state index contributed by atoms with van der Waals surface area (Å²) in [7, 11) is 1.57. The fourth-order valence-corrected chi connectivity index (χ4v) is 2.84. The Morgan fingerprint density at radius 1 is 1.42 bits per heavy atom. The Kier molecular flexibility index (Phi) is 4.54. The highest BCUT2D eigenvalue weighted by molar-refractivity contribution is 6.05. The normalized spacial score (nSPS) is 20.2. The third-order valence-corrected chi connectivity index (χ3v) is 4.05. The number of hydrogen-bond donors (Lipinski definition) is 2. The third-order valence-electron chi connectivity index (χ3n) is 4.05. The first-order valence-electron chi connectivity index (χ1n) is 7.76. The summed E-state index contributed by atoms with van der Waals surface area (Å²) in [5, 5.41) is 4.58. The summed E-state index contributed by atoms with van der Waals surface area (Å²) >= 11 is 0. The molecule has 1 saturated heterocycles. The van der Waals surface area contributed by atoms with E-state index >= 15 is 0 Å². The van der Waals surface area contributed by atoms with E-state index in [1.54, 1.807) is 12.0 Å². The van der Waals surface area contributed by atoms with Gasteiger partial charge in [-0.25, -0.2) is 4.79 Å². The summed E-state index contributed by atoms with van der Waals surface area (Å²) in [5.74, 6) is 0.618. The number of ether oxygens (including phenoxy) is 2. The standard InChI is InChI=1S/C16H19N3O5/c1-23-12-5-2-4-10-9-19(6-3-7-24-14(10)12)13(20)8-11-15(21)18-16(22)17-11/h2,4-5,11H,3,6-9H2,1H3,(H2,17,18,21,22). The van der Waals surface area contributed by atoms with Crippen molar-refractivity contribution in [1.29, 1.82) is 0 Å². The number of amides is 4. The number of imide groups is 1. The first-order chi connectivity index (χ1) is 11.6. The maximum absolute atomic E-state index is 12.6. The highest BCUT2D eigenvalue weighted by atomic mass is 16.5. The van der Waals surface area contributed by atoms with Crippen LogP contribution in [0, 0.1) is 0 Å². The van der Waals surface area contributed by atoms with E-state index in [0.29, 0.717) is 37.6 Å². The van der Waals surface area contributed by atoms with Crippen molar-refractivity contribution in [3.8, 4) is 11.5 Å². The van der Waals surface area contributed by atoms with E-state index in [0.717, 1.165) is 5.56 Å². The number of carbonyl (C=O) groups excluding carboxylic acids is 3. The van der Waals surface area contributed by atoms with Crippen LogP contribution in [0.25, 0.3) is 0 Å². The van der Waals surface area contributed by atoms with Crippen molar-refractivity contribution in [2.24, 2.45) is 0 Å². The van der Waals surface area contributed by atoms with Gasteiger partial charge in [0.1, 0.15) is 6.04 Å². The van der Waals surface area contributed by atoms with Gasteiger partial charge in [0, 0.05) is 18.7 Å². The SMILES string of the molecule is COc1cccc2c1OCCCN(C(=O)CC1NC(=O)NC1=O)C2. The van der Waals surface area contributed by atoms with E-state index in [1.807, 2.05) is 18.2 Å². The monoisotopic (exact) mass is 333 g/mol. The summed E-state index contributed by atoms with van der Waals surface area (Å²) in [6.45, 7) is 1.36. The van der Waals surface area contributed by atoms with Crippen LogP contribution in [0.2, 0.25) is 0 Å². The minimum Gasteiger partial charge on any atom is -0.493 e. The van der Waals surface area contributed by atoms with E-state index in [2.05, 4.69) is 10.6 Å². The number of rotatable bonds is 3. The predicted molar refractivity (Wildman–Crippen MR) is 83.6 cm³/mol. The maximum atomic E-state index is 12.6. The van der Waals surface area contributed by atoms with E-state index in [1.165, 1.54) is 0 Å². The first-order valence-corrected chi connectivity index (χ1v) is 7.76. The van der Waals surface area contributed by atoms with E-state index in [4.69, 9.17) is 9.47 Å². The fourth-order valence-electron chi connectivity index (χ4n) is 2.84. The average molecular weight is 333 g/mol. The summed E-state index contributed by atoms with van der Waals surface area (Å²) in [4.78, 5) is 37.0. The number of urea groups is 1. The van der Waals surface area contributed by atoms with Crippen molar-refractivity contribution < 1.29 is 23.9 Å². The molecular weight excluding hydrogens is 314 g/mol. The van der Waals surface area contributed by atoms with Crippen molar-refractivity contribution in [2.45, 2.75) is 25.4 Å². The molecule has 0 radical (unpaired) electrons. The lowest BCUT2D eigenvalue weighted by Crippen LogP contribution is -2.39. The Labute approximate surface area is 139 Å². The molecule has 2 aliphatic rings. The summed E-state index contributed by atoms with van der Waals surface area (Å²) in [5.41, 5.74) is 0.849. The number of benzene rings is 1. The van der Waals surface area contributed by atoms with Crippen LogP contribution >= 0.6 is 0 Å². The van der Waals surface area contributed by atoms with Crippen LogP contribution in [0.5, 0.6) is 11.5 Å². The van der Waals surface area contributed by atoms with Crippen molar-refractivity contribution in [3.63, 3.8) is 0 Å².